The molecule has 1 atom stereocenters. The molecular formula is C29H34Cl2N6O4S. The van der Waals surface area contributed by atoms with E-state index in [4.69, 9.17) is 23.2 Å². The molecule has 2 N–H and O–H groups in total. The number of carbonyl (C=O) groups is 1. The van der Waals surface area contributed by atoms with E-state index in [-0.39, 0.29) is 20.6 Å². The molecule has 0 saturated heterocycles. The van der Waals surface area contributed by atoms with Crippen LogP contribution in [0.1, 0.15) is 26.5 Å². The maximum absolute atomic E-state index is 14.1. The molecule has 4 aromatic rings. The smallest absolute Gasteiger partial charge is 0.328 e. The molecule has 224 valence electrons. The van der Waals surface area contributed by atoms with Gasteiger partial charge in [0.05, 0.1) is 16.1 Å². The Labute approximate surface area is 255 Å². The number of carboxylic acids is 1. The molecule has 0 fully saturated rings. The van der Waals surface area contributed by atoms with Crippen LogP contribution >= 0.6 is 23.2 Å². The van der Waals surface area contributed by atoms with E-state index in [1.165, 1.54) is 18.2 Å². The van der Waals surface area contributed by atoms with Crippen LogP contribution in [0.3, 0.4) is 0 Å². The van der Waals surface area contributed by atoms with E-state index in [0.29, 0.717) is 17.0 Å². The number of aryl methyl sites for hydroxylation is 1. The zero-order valence-corrected chi connectivity index (χ0v) is 26.6. The number of fused-ring (bicyclic) bond motifs is 1. The second-order valence-corrected chi connectivity index (χ2v) is 14.1. The van der Waals surface area contributed by atoms with Gasteiger partial charge in [-0.25, -0.2) is 13.2 Å². The maximum atomic E-state index is 14.1. The number of rotatable bonds is 10. The SMILES string of the molecule is Cc1cc2cc(N(C(C(=O)O)C(C)(C)C)S(=O)(=O)c3cc(Cl)cc(Cl)c3)ccc2n1-c1ccc(NCCN(C)C)nn1. The molecule has 2 aromatic heterocycles. The fraction of sp³-hybridized carbons (Fsp3) is 0.345. The van der Waals surface area contributed by atoms with Crippen molar-refractivity contribution in [1.29, 1.82) is 0 Å². The van der Waals surface area contributed by atoms with Gasteiger partial charge in [-0.05, 0) is 81.0 Å². The quantitative estimate of drug-likeness (QED) is 0.228. The number of hydrogen-bond acceptors (Lipinski definition) is 7. The van der Waals surface area contributed by atoms with Gasteiger partial charge in [0, 0.05) is 34.2 Å². The van der Waals surface area contributed by atoms with Crippen LogP contribution in [0.25, 0.3) is 16.7 Å². The van der Waals surface area contributed by atoms with Gasteiger partial charge >= 0.3 is 5.97 Å². The highest BCUT2D eigenvalue weighted by Crippen LogP contribution is 2.37. The summed E-state index contributed by atoms with van der Waals surface area (Å²) in [4.78, 5) is 14.5. The third-order valence-electron chi connectivity index (χ3n) is 6.65. The molecule has 0 radical (unpaired) electrons. The Hall–Kier alpha value is -3.38. The third kappa shape index (κ3) is 6.64. The van der Waals surface area contributed by atoms with Crippen molar-refractivity contribution in [2.45, 2.75) is 38.6 Å². The first-order valence-electron chi connectivity index (χ1n) is 13.2. The Balaban J connectivity index is 1.82. The lowest BCUT2D eigenvalue weighted by molar-refractivity contribution is -0.140. The molecule has 0 aliphatic heterocycles. The molecule has 0 aliphatic rings. The normalized spacial score (nSPS) is 13.0. The van der Waals surface area contributed by atoms with Crippen molar-refractivity contribution >= 4 is 61.6 Å². The minimum absolute atomic E-state index is 0.117. The average molecular weight is 634 g/mol. The highest BCUT2D eigenvalue weighted by molar-refractivity contribution is 7.93. The lowest BCUT2D eigenvalue weighted by Gasteiger charge is -2.37. The summed E-state index contributed by atoms with van der Waals surface area (Å²) in [5.74, 6) is -0.0481. The standard InChI is InChI=1S/C29H34Cl2N6O4S/c1-18-13-19-14-22(7-8-24(19)36(18)26-10-9-25(33-34-26)32-11-12-35(5)6)37(27(28(38)39)29(2,3)4)42(40,41)23-16-20(30)15-21(31)17-23/h7-10,13-17,27H,11-12H2,1-6H3,(H,32,33)(H,38,39). The molecule has 2 aromatic carbocycles. The first kappa shape index (κ1) is 31.6. The molecular weight excluding hydrogens is 599 g/mol. The van der Waals surface area contributed by atoms with Crippen LogP contribution in [0.5, 0.6) is 0 Å². The monoisotopic (exact) mass is 632 g/mol. The highest BCUT2D eigenvalue weighted by Gasteiger charge is 2.43. The molecule has 0 bridgehead atoms. The lowest BCUT2D eigenvalue weighted by atomic mass is 9.86. The molecule has 0 saturated carbocycles. The van der Waals surface area contributed by atoms with E-state index in [2.05, 4.69) is 20.4 Å². The minimum atomic E-state index is -4.42. The predicted octanol–water partition coefficient (Wildman–Crippen LogP) is 5.70. The summed E-state index contributed by atoms with van der Waals surface area (Å²) >= 11 is 12.3. The van der Waals surface area contributed by atoms with Gasteiger partial charge in [-0.2, -0.15) is 0 Å². The number of aliphatic carboxylic acids is 1. The lowest BCUT2D eigenvalue weighted by Crippen LogP contribution is -2.52. The van der Waals surface area contributed by atoms with Crippen molar-refractivity contribution < 1.29 is 18.3 Å². The highest BCUT2D eigenvalue weighted by atomic mass is 35.5. The van der Waals surface area contributed by atoms with Crippen LogP contribution in [0.4, 0.5) is 11.5 Å². The van der Waals surface area contributed by atoms with E-state index in [1.807, 2.05) is 43.8 Å². The fourth-order valence-corrected chi connectivity index (χ4v) is 7.28. The number of anilines is 2. The predicted molar refractivity (Wildman–Crippen MR) is 168 cm³/mol. The van der Waals surface area contributed by atoms with Crippen LogP contribution in [0, 0.1) is 12.3 Å². The summed E-state index contributed by atoms with van der Waals surface area (Å²) in [6.07, 6.45) is 0. The molecule has 13 heteroatoms. The molecule has 0 aliphatic carbocycles. The number of carboxylic acid groups (broad SMARTS) is 1. The fourth-order valence-electron chi connectivity index (χ4n) is 4.77. The molecule has 42 heavy (non-hydrogen) atoms. The zero-order valence-electron chi connectivity index (χ0n) is 24.3. The molecule has 2 heterocycles. The number of aromatic nitrogens is 3. The summed E-state index contributed by atoms with van der Waals surface area (Å²) in [5, 5.41) is 23.1. The Kier molecular flexibility index (Phi) is 9.08. The van der Waals surface area contributed by atoms with Crippen LogP contribution in [0.15, 0.2) is 59.5 Å². The van der Waals surface area contributed by atoms with Gasteiger partial charge in [0.15, 0.2) is 5.82 Å². The van der Waals surface area contributed by atoms with E-state index >= 15 is 0 Å². The van der Waals surface area contributed by atoms with E-state index < -0.39 is 27.4 Å². The summed E-state index contributed by atoms with van der Waals surface area (Å²) in [5.41, 5.74) is 0.802. The molecule has 0 spiro atoms. The number of likely N-dealkylation sites (N-methyl/N-ethyl adjacent to an activating group) is 1. The number of nitrogens with zero attached hydrogens (tertiary/aromatic N) is 5. The Morgan fingerprint density at radius 3 is 2.24 bits per heavy atom. The maximum Gasteiger partial charge on any atom is 0.328 e. The Morgan fingerprint density at radius 2 is 1.69 bits per heavy atom. The van der Waals surface area contributed by atoms with Crippen molar-refractivity contribution in [1.82, 2.24) is 19.7 Å². The Bertz CT molecular complexity index is 1700. The topological polar surface area (TPSA) is 121 Å². The number of halogens is 2. The second kappa shape index (κ2) is 12.1. The van der Waals surface area contributed by atoms with Crippen LogP contribution in [0.2, 0.25) is 10.0 Å². The van der Waals surface area contributed by atoms with Gasteiger partial charge in [0.1, 0.15) is 11.9 Å². The molecule has 0 amide bonds. The summed E-state index contributed by atoms with van der Waals surface area (Å²) < 4.78 is 31.1. The number of sulfonamides is 1. The molecule has 4 rings (SSSR count). The van der Waals surface area contributed by atoms with Crippen LogP contribution in [-0.4, -0.2) is 72.4 Å². The summed E-state index contributed by atoms with van der Waals surface area (Å²) in [6, 6.07) is 13.1. The van der Waals surface area contributed by atoms with E-state index in [1.54, 1.807) is 39.0 Å². The van der Waals surface area contributed by atoms with Crippen molar-refractivity contribution in [3.05, 3.63) is 70.3 Å². The average Bonchev–Trinajstić information content (AvgIpc) is 3.20. The van der Waals surface area contributed by atoms with Gasteiger partial charge in [0.25, 0.3) is 10.0 Å². The summed E-state index contributed by atoms with van der Waals surface area (Å²) in [7, 11) is -0.435. The van der Waals surface area contributed by atoms with Gasteiger partial charge in [-0.15, -0.1) is 10.2 Å². The first-order chi connectivity index (χ1) is 19.6. The zero-order chi connectivity index (χ0) is 31.0. The summed E-state index contributed by atoms with van der Waals surface area (Å²) in [6.45, 7) is 8.51. The van der Waals surface area contributed by atoms with E-state index in [0.717, 1.165) is 28.6 Å². The van der Waals surface area contributed by atoms with Crippen molar-refractivity contribution in [2.24, 2.45) is 5.41 Å². The molecule has 1 unspecified atom stereocenters. The second-order valence-electron chi connectivity index (χ2n) is 11.4. The largest absolute Gasteiger partial charge is 0.480 e. The molecule has 10 nitrogen and oxygen atoms in total. The Morgan fingerprint density at radius 1 is 1.02 bits per heavy atom. The van der Waals surface area contributed by atoms with Gasteiger partial charge < -0.3 is 15.3 Å². The van der Waals surface area contributed by atoms with Crippen molar-refractivity contribution in [3.63, 3.8) is 0 Å². The van der Waals surface area contributed by atoms with Gasteiger partial charge in [0.2, 0.25) is 0 Å². The van der Waals surface area contributed by atoms with Crippen molar-refractivity contribution in [2.75, 3.05) is 36.8 Å². The number of hydrogen-bond donors (Lipinski definition) is 2. The van der Waals surface area contributed by atoms with Crippen molar-refractivity contribution in [3.8, 4) is 5.82 Å². The van der Waals surface area contributed by atoms with Gasteiger partial charge in [-0.3, -0.25) is 8.87 Å². The van der Waals surface area contributed by atoms with Crippen LogP contribution in [-0.2, 0) is 14.8 Å². The van der Waals surface area contributed by atoms with E-state index in [9.17, 15) is 18.3 Å². The third-order valence-corrected chi connectivity index (χ3v) is 8.86. The number of nitrogens with one attached hydrogen (secondary N) is 1. The minimum Gasteiger partial charge on any atom is -0.480 e. The first-order valence-corrected chi connectivity index (χ1v) is 15.4. The van der Waals surface area contributed by atoms with Crippen LogP contribution < -0.4 is 9.62 Å². The number of benzene rings is 2. The van der Waals surface area contributed by atoms with Gasteiger partial charge in [-0.1, -0.05) is 44.0 Å².